The van der Waals surface area contributed by atoms with E-state index in [0.29, 0.717) is 0 Å². The van der Waals surface area contributed by atoms with Gasteiger partial charge >= 0.3 is 0 Å². The van der Waals surface area contributed by atoms with E-state index in [9.17, 15) is 0 Å². The Kier molecular flexibility index (Phi) is 8.91. The minimum Gasteiger partial charge on any atom is -0.118 e. The topological polar surface area (TPSA) is 0 Å². The molecule has 16 heavy (non-hydrogen) atoms. The summed E-state index contributed by atoms with van der Waals surface area (Å²) < 4.78 is 0. The predicted octanol–water partition coefficient (Wildman–Crippen LogP) is 5.17. The first-order valence-electron chi connectivity index (χ1n) is 5.67. The molecule has 88 valence electrons. The van der Waals surface area contributed by atoms with Crippen LogP contribution in [-0.4, -0.2) is 0 Å². The van der Waals surface area contributed by atoms with Crippen molar-refractivity contribution >= 4 is 9.24 Å². The third kappa shape index (κ3) is 9.71. The van der Waals surface area contributed by atoms with Gasteiger partial charge in [0, 0.05) is 0 Å². The van der Waals surface area contributed by atoms with Gasteiger partial charge in [0.2, 0.25) is 0 Å². The summed E-state index contributed by atoms with van der Waals surface area (Å²) >= 11 is 0. The second-order valence-electron chi connectivity index (χ2n) is 4.19. The summed E-state index contributed by atoms with van der Waals surface area (Å²) in [5.41, 5.74) is 7.06. The summed E-state index contributed by atoms with van der Waals surface area (Å²) in [6.07, 6.45) is 10.9. The molecule has 0 aromatic heterocycles. The van der Waals surface area contributed by atoms with Crippen molar-refractivity contribution in [2.75, 3.05) is 0 Å². The van der Waals surface area contributed by atoms with Crippen molar-refractivity contribution in [3.8, 4) is 0 Å². The first-order chi connectivity index (χ1) is 7.56. The first-order valence-corrected chi connectivity index (χ1v) is 6.33. The second kappa shape index (κ2) is 9.40. The standard InChI is InChI=1S/C15H23P/c1-13(2)7-5-8-14(3)9-6-10-15(4)11-12-16/h6-7,9-10,12H,5,8,16H2,1-4H3. The molecule has 0 saturated heterocycles. The highest BCUT2D eigenvalue weighted by Gasteiger charge is 1.86. The molecular formula is C15H23P. The van der Waals surface area contributed by atoms with Crippen LogP contribution in [0.3, 0.4) is 0 Å². The van der Waals surface area contributed by atoms with Crippen molar-refractivity contribution in [1.82, 2.24) is 0 Å². The molecule has 0 fully saturated rings. The molecule has 0 bridgehead atoms. The maximum Gasteiger partial charge on any atom is -0.00912 e. The lowest BCUT2D eigenvalue weighted by molar-refractivity contribution is 0.967. The highest BCUT2D eigenvalue weighted by Crippen LogP contribution is 2.07. The summed E-state index contributed by atoms with van der Waals surface area (Å²) in [6.45, 7) is 8.50. The fourth-order valence-corrected chi connectivity index (χ4v) is 1.47. The molecule has 0 radical (unpaired) electrons. The normalized spacial score (nSPS) is 11.2. The number of hydrogen-bond donors (Lipinski definition) is 0. The van der Waals surface area contributed by atoms with Crippen LogP contribution in [0.5, 0.6) is 0 Å². The Balaban J connectivity index is 4.15. The Morgan fingerprint density at radius 2 is 1.88 bits per heavy atom. The van der Waals surface area contributed by atoms with Crippen molar-refractivity contribution in [2.24, 2.45) is 0 Å². The van der Waals surface area contributed by atoms with Gasteiger partial charge in [-0.2, -0.15) is 0 Å². The van der Waals surface area contributed by atoms with Gasteiger partial charge in [-0.25, -0.2) is 0 Å². The van der Waals surface area contributed by atoms with E-state index >= 15 is 0 Å². The van der Waals surface area contributed by atoms with E-state index in [1.165, 1.54) is 11.1 Å². The van der Waals surface area contributed by atoms with Crippen molar-refractivity contribution in [2.45, 2.75) is 40.5 Å². The van der Waals surface area contributed by atoms with E-state index in [-0.39, 0.29) is 0 Å². The van der Waals surface area contributed by atoms with Crippen LogP contribution >= 0.6 is 9.24 Å². The molecule has 0 saturated carbocycles. The molecule has 0 spiro atoms. The van der Waals surface area contributed by atoms with Crippen molar-refractivity contribution in [1.29, 1.82) is 0 Å². The Morgan fingerprint density at radius 3 is 2.44 bits per heavy atom. The Bertz CT molecular complexity index is 344. The lowest BCUT2D eigenvalue weighted by Crippen LogP contribution is -1.76. The van der Waals surface area contributed by atoms with Crippen molar-refractivity contribution < 1.29 is 0 Å². The summed E-state index contributed by atoms with van der Waals surface area (Å²) in [5, 5.41) is 0. The summed E-state index contributed by atoms with van der Waals surface area (Å²) in [6, 6.07) is 0. The Hall–Kier alpha value is -0.830. The summed E-state index contributed by atoms with van der Waals surface area (Å²) in [7, 11) is 2.53. The highest BCUT2D eigenvalue weighted by atomic mass is 31.0. The summed E-state index contributed by atoms with van der Waals surface area (Å²) in [4.78, 5) is 0. The largest absolute Gasteiger partial charge is 0.118 e. The zero-order valence-electron chi connectivity index (χ0n) is 10.9. The van der Waals surface area contributed by atoms with Crippen LogP contribution in [0.25, 0.3) is 0 Å². The number of allylic oxidation sites excluding steroid dienone is 7. The van der Waals surface area contributed by atoms with Gasteiger partial charge in [-0.15, -0.1) is 15.0 Å². The van der Waals surface area contributed by atoms with Crippen LogP contribution < -0.4 is 0 Å². The molecule has 0 aliphatic carbocycles. The monoisotopic (exact) mass is 234 g/mol. The molecule has 0 rings (SSSR count). The molecule has 1 atom stereocenters. The van der Waals surface area contributed by atoms with Gasteiger partial charge in [-0.3, -0.25) is 0 Å². The van der Waals surface area contributed by atoms with Crippen LogP contribution in [-0.2, 0) is 0 Å². The number of rotatable bonds is 5. The first kappa shape index (κ1) is 15.2. The minimum absolute atomic E-state index is 1.14. The fourth-order valence-electron chi connectivity index (χ4n) is 1.21. The SMILES string of the molecule is CC(=C=CP)C=CC=C(C)CCC=C(C)C. The molecule has 0 aromatic carbocycles. The smallest absolute Gasteiger partial charge is 0.00912 e. The molecule has 1 heteroatoms. The zero-order valence-corrected chi connectivity index (χ0v) is 12.0. The third-order valence-electron chi connectivity index (χ3n) is 2.13. The predicted molar refractivity (Wildman–Crippen MR) is 78.5 cm³/mol. The molecule has 0 heterocycles. The molecule has 1 unspecified atom stereocenters. The van der Waals surface area contributed by atoms with Gasteiger partial charge in [0.25, 0.3) is 0 Å². The Labute approximate surface area is 103 Å². The van der Waals surface area contributed by atoms with Gasteiger partial charge in [0.05, 0.1) is 0 Å². The molecule has 0 N–H and O–H groups in total. The van der Waals surface area contributed by atoms with Gasteiger partial charge in [-0.1, -0.05) is 35.5 Å². The molecule has 0 aliphatic heterocycles. The minimum atomic E-state index is 1.14. The van der Waals surface area contributed by atoms with E-state index in [2.05, 4.69) is 60.0 Å². The maximum atomic E-state index is 3.11. The molecule has 0 nitrogen and oxygen atoms in total. The van der Waals surface area contributed by atoms with Crippen LogP contribution in [0.4, 0.5) is 0 Å². The van der Waals surface area contributed by atoms with Crippen LogP contribution in [0.2, 0.25) is 0 Å². The summed E-state index contributed by atoms with van der Waals surface area (Å²) in [5.74, 6) is 1.85. The molecular weight excluding hydrogens is 211 g/mol. The van der Waals surface area contributed by atoms with Crippen LogP contribution in [0.15, 0.2) is 52.6 Å². The lowest BCUT2D eigenvalue weighted by atomic mass is 10.1. The molecule has 0 amide bonds. The van der Waals surface area contributed by atoms with E-state index in [1.807, 2.05) is 12.7 Å². The average molecular weight is 234 g/mol. The van der Waals surface area contributed by atoms with E-state index in [0.717, 1.165) is 18.4 Å². The maximum absolute atomic E-state index is 3.11. The van der Waals surface area contributed by atoms with Gasteiger partial charge in [0.1, 0.15) is 0 Å². The van der Waals surface area contributed by atoms with Crippen LogP contribution in [0.1, 0.15) is 40.5 Å². The Morgan fingerprint density at radius 1 is 1.19 bits per heavy atom. The van der Waals surface area contributed by atoms with Crippen LogP contribution in [0, 0.1) is 0 Å². The van der Waals surface area contributed by atoms with Crippen molar-refractivity contribution in [3.05, 3.63) is 52.6 Å². The highest BCUT2D eigenvalue weighted by molar-refractivity contribution is 7.20. The van der Waals surface area contributed by atoms with E-state index in [1.54, 1.807) is 0 Å². The van der Waals surface area contributed by atoms with Gasteiger partial charge in [0.15, 0.2) is 0 Å². The van der Waals surface area contributed by atoms with Gasteiger partial charge in [-0.05, 0) is 51.9 Å². The van der Waals surface area contributed by atoms with E-state index < -0.39 is 0 Å². The number of hydrogen-bond acceptors (Lipinski definition) is 0. The van der Waals surface area contributed by atoms with E-state index in [4.69, 9.17) is 0 Å². The van der Waals surface area contributed by atoms with Crippen molar-refractivity contribution in [3.63, 3.8) is 0 Å². The zero-order chi connectivity index (χ0) is 12.4. The lowest BCUT2D eigenvalue weighted by Gasteiger charge is -1.96. The average Bonchev–Trinajstić information content (AvgIpc) is 2.17. The third-order valence-corrected chi connectivity index (χ3v) is 2.30. The molecule has 0 aliphatic rings. The van der Waals surface area contributed by atoms with Gasteiger partial charge < -0.3 is 0 Å². The molecule has 0 aromatic rings. The quantitative estimate of drug-likeness (QED) is 0.266. The fraction of sp³-hybridized carbons (Fsp3) is 0.400. The second-order valence-corrected chi connectivity index (χ2v) is 4.52.